The number of hydrogen-bond acceptors (Lipinski definition) is 3. The Bertz CT molecular complexity index is 861. The van der Waals surface area contributed by atoms with Gasteiger partial charge in [0.25, 0.3) is 0 Å². The van der Waals surface area contributed by atoms with Gasteiger partial charge in [-0.1, -0.05) is 30.3 Å². The molecule has 6 heteroatoms. The van der Waals surface area contributed by atoms with Gasteiger partial charge in [-0.3, -0.25) is 4.79 Å². The summed E-state index contributed by atoms with van der Waals surface area (Å²) in [6.45, 7) is 2.02. The molecule has 1 N–H and O–H groups in total. The van der Waals surface area contributed by atoms with E-state index in [1.807, 2.05) is 52.3 Å². The van der Waals surface area contributed by atoms with E-state index >= 15 is 0 Å². The van der Waals surface area contributed by atoms with Crippen molar-refractivity contribution in [2.45, 2.75) is 31.7 Å². The van der Waals surface area contributed by atoms with Gasteiger partial charge in [0.2, 0.25) is 5.91 Å². The Morgan fingerprint density at radius 3 is 2.30 bits per heavy atom. The van der Waals surface area contributed by atoms with Crippen LogP contribution in [0.1, 0.15) is 37.3 Å². The summed E-state index contributed by atoms with van der Waals surface area (Å²) in [5.41, 5.74) is 1.96. The smallest absolute Gasteiger partial charge is 0.321 e. The number of rotatable bonds is 4. The number of benzene rings is 2. The van der Waals surface area contributed by atoms with E-state index in [2.05, 4.69) is 17.4 Å². The first-order valence-electron chi connectivity index (χ1n) is 10.7. The maximum atomic E-state index is 13.3. The third-order valence-electron chi connectivity index (χ3n) is 6.19. The average Bonchev–Trinajstić information content (AvgIpc) is 3.29. The summed E-state index contributed by atoms with van der Waals surface area (Å²) in [4.78, 5) is 29.6. The lowest BCUT2D eigenvalue weighted by molar-refractivity contribution is -0.137. The number of hydrogen-bond donors (Lipinski definition) is 1. The fourth-order valence-corrected chi connectivity index (χ4v) is 4.49. The fourth-order valence-electron chi connectivity index (χ4n) is 4.49. The first kappa shape index (κ1) is 20.3. The summed E-state index contributed by atoms with van der Waals surface area (Å²) in [5, 5.41) is 2.93. The summed E-state index contributed by atoms with van der Waals surface area (Å²) >= 11 is 0. The molecule has 0 aliphatic carbocycles. The zero-order chi connectivity index (χ0) is 20.9. The molecule has 2 aromatic rings. The Balaban J connectivity index is 1.33. The number of likely N-dealkylation sites (tertiary alicyclic amines) is 2. The lowest BCUT2D eigenvalue weighted by Crippen LogP contribution is -2.45. The van der Waals surface area contributed by atoms with Crippen LogP contribution in [-0.4, -0.2) is 48.5 Å². The highest BCUT2D eigenvalue weighted by molar-refractivity contribution is 5.89. The van der Waals surface area contributed by atoms with Crippen molar-refractivity contribution in [2.75, 3.05) is 32.1 Å². The number of carbonyl (C=O) groups excluding carboxylic acids is 2. The van der Waals surface area contributed by atoms with E-state index in [1.54, 1.807) is 7.11 Å². The third kappa shape index (κ3) is 4.42. The van der Waals surface area contributed by atoms with Gasteiger partial charge < -0.3 is 19.9 Å². The molecule has 0 bridgehead atoms. The van der Waals surface area contributed by atoms with Crippen molar-refractivity contribution >= 4 is 17.6 Å². The van der Waals surface area contributed by atoms with E-state index in [4.69, 9.17) is 4.74 Å². The number of nitrogens with one attached hydrogen (secondary N) is 1. The molecule has 0 aromatic heterocycles. The minimum absolute atomic E-state index is 0.00961. The van der Waals surface area contributed by atoms with Crippen molar-refractivity contribution in [1.82, 2.24) is 9.80 Å². The van der Waals surface area contributed by atoms with Crippen LogP contribution in [0.5, 0.6) is 5.75 Å². The Morgan fingerprint density at radius 1 is 0.933 bits per heavy atom. The Hall–Kier alpha value is -3.02. The average molecular weight is 408 g/mol. The lowest BCUT2D eigenvalue weighted by atomic mass is 9.94. The number of amides is 3. The highest BCUT2D eigenvalue weighted by Gasteiger charge is 2.36. The monoisotopic (exact) mass is 407 g/mol. The summed E-state index contributed by atoms with van der Waals surface area (Å²) < 4.78 is 5.25. The predicted octanol–water partition coefficient (Wildman–Crippen LogP) is 4.30. The van der Waals surface area contributed by atoms with Crippen LogP contribution in [0.2, 0.25) is 0 Å². The molecule has 3 amide bonds. The number of para-hydroxylation sites is 1. The molecule has 2 heterocycles. The van der Waals surface area contributed by atoms with E-state index in [1.165, 1.54) is 5.56 Å². The Labute approximate surface area is 177 Å². The second-order valence-electron chi connectivity index (χ2n) is 8.02. The topological polar surface area (TPSA) is 61.9 Å². The molecular weight excluding hydrogens is 378 g/mol. The third-order valence-corrected chi connectivity index (χ3v) is 6.19. The summed E-state index contributed by atoms with van der Waals surface area (Å²) in [7, 11) is 1.66. The second-order valence-corrected chi connectivity index (χ2v) is 8.02. The van der Waals surface area contributed by atoms with Crippen LogP contribution >= 0.6 is 0 Å². The van der Waals surface area contributed by atoms with Crippen molar-refractivity contribution < 1.29 is 14.3 Å². The van der Waals surface area contributed by atoms with Crippen LogP contribution < -0.4 is 10.1 Å². The number of nitrogens with zero attached hydrogens (tertiary/aromatic N) is 2. The molecule has 2 fully saturated rings. The lowest BCUT2D eigenvalue weighted by Gasteiger charge is -2.35. The molecule has 4 rings (SSSR count). The molecule has 0 spiro atoms. The Kier molecular flexibility index (Phi) is 6.21. The SMILES string of the molecule is COc1ccc(C2CCCN2C(=O)C2CCN(C(=O)Nc3ccccc3)CC2)cc1. The van der Waals surface area contributed by atoms with E-state index < -0.39 is 0 Å². The quantitative estimate of drug-likeness (QED) is 0.822. The summed E-state index contributed by atoms with van der Waals surface area (Å²) in [6.07, 6.45) is 3.46. The van der Waals surface area contributed by atoms with Crippen molar-refractivity contribution in [3.8, 4) is 5.75 Å². The summed E-state index contributed by atoms with van der Waals surface area (Å²) in [6, 6.07) is 17.6. The number of ether oxygens (including phenoxy) is 1. The number of urea groups is 1. The van der Waals surface area contributed by atoms with E-state index in [0.717, 1.165) is 30.8 Å². The van der Waals surface area contributed by atoms with Gasteiger partial charge >= 0.3 is 6.03 Å². The van der Waals surface area contributed by atoms with E-state index in [-0.39, 0.29) is 23.9 Å². The van der Waals surface area contributed by atoms with Gasteiger partial charge in [0.15, 0.2) is 0 Å². The number of carbonyl (C=O) groups is 2. The van der Waals surface area contributed by atoms with Crippen molar-refractivity contribution in [1.29, 1.82) is 0 Å². The summed E-state index contributed by atoms with van der Waals surface area (Å²) in [5.74, 6) is 1.05. The number of anilines is 1. The maximum Gasteiger partial charge on any atom is 0.321 e. The van der Waals surface area contributed by atoms with Gasteiger partial charge in [-0.2, -0.15) is 0 Å². The molecule has 2 aliphatic heterocycles. The fraction of sp³-hybridized carbons (Fsp3) is 0.417. The normalized spacial score (nSPS) is 19.6. The van der Waals surface area contributed by atoms with Crippen molar-refractivity contribution in [3.63, 3.8) is 0 Å². The van der Waals surface area contributed by atoms with E-state index in [0.29, 0.717) is 25.9 Å². The van der Waals surface area contributed by atoms with Gasteiger partial charge in [-0.15, -0.1) is 0 Å². The molecule has 1 unspecified atom stereocenters. The molecular formula is C24H29N3O3. The minimum Gasteiger partial charge on any atom is -0.497 e. The molecule has 2 aromatic carbocycles. The molecule has 6 nitrogen and oxygen atoms in total. The van der Waals surface area contributed by atoms with Gasteiger partial charge in [0.05, 0.1) is 13.2 Å². The highest BCUT2D eigenvalue weighted by atomic mass is 16.5. The van der Waals surface area contributed by atoms with Crippen LogP contribution in [0.3, 0.4) is 0 Å². The molecule has 0 saturated carbocycles. The number of piperidine rings is 1. The molecule has 2 saturated heterocycles. The second kappa shape index (κ2) is 9.20. The maximum absolute atomic E-state index is 13.3. The van der Waals surface area contributed by atoms with Crippen LogP contribution in [0.15, 0.2) is 54.6 Å². The van der Waals surface area contributed by atoms with Crippen LogP contribution in [0.25, 0.3) is 0 Å². The van der Waals surface area contributed by atoms with Gasteiger partial charge in [0.1, 0.15) is 5.75 Å². The van der Waals surface area contributed by atoms with Crippen LogP contribution in [0, 0.1) is 5.92 Å². The van der Waals surface area contributed by atoms with Crippen LogP contribution in [0.4, 0.5) is 10.5 Å². The predicted molar refractivity (Wildman–Crippen MR) is 116 cm³/mol. The van der Waals surface area contributed by atoms with Gasteiger partial charge in [-0.05, 0) is 55.5 Å². The van der Waals surface area contributed by atoms with Crippen molar-refractivity contribution in [2.24, 2.45) is 5.92 Å². The standard InChI is InChI=1S/C24H29N3O3/c1-30-21-11-9-18(10-12-21)22-8-5-15-27(22)23(28)19-13-16-26(17-14-19)24(29)25-20-6-3-2-4-7-20/h2-4,6-7,9-12,19,22H,5,8,13-17H2,1H3,(H,25,29). The van der Waals surface area contributed by atoms with Gasteiger partial charge in [-0.25, -0.2) is 4.79 Å². The van der Waals surface area contributed by atoms with Crippen LogP contribution in [-0.2, 0) is 4.79 Å². The first-order chi connectivity index (χ1) is 14.7. The molecule has 1 atom stereocenters. The zero-order valence-corrected chi connectivity index (χ0v) is 17.4. The Morgan fingerprint density at radius 2 is 1.63 bits per heavy atom. The van der Waals surface area contributed by atoms with Gasteiger partial charge in [0, 0.05) is 31.2 Å². The minimum atomic E-state index is -0.0932. The molecule has 30 heavy (non-hydrogen) atoms. The zero-order valence-electron chi connectivity index (χ0n) is 17.4. The molecule has 158 valence electrons. The number of methoxy groups -OCH3 is 1. The van der Waals surface area contributed by atoms with E-state index in [9.17, 15) is 9.59 Å². The highest BCUT2D eigenvalue weighted by Crippen LogP contribution is 2.35. The molecule has 0 radical (unpaired) electrons. The van der Waals surface area contributed by atoms with Crippen molar-refractivity contribution in [3.05, 3.63) is 60.2 Å². The largest absolute Gasteiger partial charge is 0.497 e. The first-order valence-corrected chi connectivity index (χ1v) is 10.7. The molecule has 2 aliphatic rings.